The number of anilines is 2. The summed E-state index contributed by atoms with van der Waals surface area (Å²) in [4.78, 5) is 17.8. The molecule has 0 radical (unpaired) electrons. The molecule has 0 bridgehead atoms. The number of aromatic nitrogens is 1. The largest absolute Gasteiger partial charge is 0.497 e. The third-order valence-electron chi connectivity index (χ3n) is 4.97. The van der Waals surface area contributed by atoms with Crippen molar-refractivity contribution < 1.29 is 9.53 Å². The lowest BCUT2D eigenvalue weighted by molar-refractivity contribution is 0.0941. The van der Waals surface area contributed by atoms with Crippen molar-refractivity contribution in [1.82, 2.24) is 10.3 Å². The molecule has 0 saturated carbocycles. The molecule has 4 rings (SSSR count). The van der Waals surface area contributed by atoms with E-state index in [4.69, 9.17) is 4.74 Å². The smallest absolute Gasteiger partial charge is 0.252 e. The zero-order chi connectivity index (χ0) is 20.9. The van der Waals surface area contributed by atoms with Gasteiger partial charge in [-0.05, 0) is 48.9 Å². The standard InChI is InChI=1S/C25H23N3O2/c1-17(18-8-4-3-5-9-18)26-25(29)22-16-24(28-23-11-7-6-10-21(22)23)27-19-12-14-20(30-2)15-13-19/h3-17H,1-2H3,(H,26,29)(H,27,28). The highest BCUT2D eigenvalue weighted by atomic mass is 16.5. The van der Waals surface area contributed by atoms with Crippen molar-refractivity contribution in [3.63, 3.8) is 0 Å². The predicted molar refractivity (Wildman–Crippen MR) is 120 cm³/mol. The Balaban J connectivity index is 1.65. The van der Waals surface area contributed by atoms with Crippen LogP contribution in [0.25, 0.3) is 10.9 Å². The third-order valence-corrected chi connectivity index (χ3v) is 4.97. The minimum absolute atomic E-state index is 0.108. The molecule has 0 aliphatic carbocycles. The number of carbonyl (C=O) groups is 1. The SMILES string of the molecule is COc1ccc(Nc2cc(C(=O)NC(C)c3ccccc3)c3ccccc3n2)cc1. The molecule has 3 aromatic carbocycles. The summed E-state index contributed by atoms with van der Waals surface area (Å²) < 4.78 is 5.20. The van der Waals surface area contributed by atoms with Crippen LogP contribution in [0.2, 0.25) is 0 Å². The summed E-state index contributed by atoms with van der Waals surface area (Å²) in [5, 5.41) is 7.20. The molecular weight excluding hydrogens is 374 g/mol. The van der Waals surface area contributed by atoms with Gasteiger partial charge in [0.25, 0.3) is 5.91 Å². The highest BCUT2D eigenvalue weighted by molar-refractivity contribution is 6.07. The number of nitrogens with one attached hydrogen (secondary N) is 2. The number of hydrogen-bond acceptors (Lipinski definition) is 4. The third kappa shape index (κ3) is 4.25. The van der Waals surface area contributed by atoms with Gasteiger partial charge in [-0.2, -0.15) is 0 Å². The number of ether oxygens (including phenoxy) is 1. The number of hydrogen-bond donors (Lipinski definition) is 2. The molecule has 150 valence electrons. The van der Waals surface area contributed by atoms with Crippen LogP contribution in [0, 0.1) is 0 Å². The van der Waals surface area contributed by atoms with E-state index in [1.807, 2.05) is 85.8 Å². The van der Waals surface area contributed by atoms with E-state index in [1.165, 1.54) is 0 Å². The van der Waals surface area contributed by atoms with E-state index >= 15 is 0 Å². The van der Waals surface area contributed by atoms with Crippen LogP contribution in [0.15, 0.2) is 84.9 Å². The molecule has 0 aliphatic rings. The zero-order valence-corrected chi connectivity index (χ0v) is 16.9. The summed E-state index contributed by atoms with van der Waals surface area (Å²) in [6, 6.07) is 26.8. The average Bonchev–Trinajstić information content (AvgIpc) is 2.79. The maximum absolute atomic E-state index is 13.1. The number of benzene rings is 3. The monoisotopic (exact) mass is 397 g/mol. The summed E-state index contributed by atoms with van der Waals surface area (Å²) in [6.45, 7) is 1.98. The van der Waals surface area contributed by atoms with Crippen molar-refractivity contribution in [3.8, 4) is 5.75 Å². The second-order valence-electron chi connectivity index (χ2n) is 7.03. The van der Waals surface area contributed by atoms with Gasteiger partial charge in [-0.15, -0.1) is 0 Å². The Hall–Kier alpha value is -3.86. The molecule has 0 fully saturated rings. The number of amides is 1. The average molecular weight is 397 g/mol. The van der Waals surface area contributed by atoms with Gasteiger partial charge in [0.1, 0.15) is 11.6 Å². The summed E-state index contributed by atoms with van der Waals surface area (Å²) in [6.07, 6.45) is 0. The summed E-state index contributed by atoms with van der Waals surface area (Å²) in [5.41, 5.74) is 3.26. The topological polar surface area (TPSA) is 63.2 Å². The van der Waals surface area contributed by atoms with Gasteiger partial charge in [-0.25, -0.2) is 4.98 Å². The number of pyridine rings is 1. The first-order valence-corrected chi connectivity index (χ1v) is 9.81. The van der Waals surface area contributed by atoms with Crippen LogP contribution < -0.4 is 15.4 Å². The Morgan fingerprint density at radius 3 is 2.37 bits per heavy atom. The molecule has 2 N–H and O–H groups in total. The molecule has 1 amide bonds. The van der Waals surface area contributed by atoms with E-state index in [9.17, 15) is 4.79 Å². The Labute approximate surface area is 175 Å². The van der Waals surface area contributed by atoms with Crippen LogP contribution in [0.3, 0.4) is 0 Å². The van der Waals surface area contributed by atoms with Gasteiger partial charge < -0.3 is 15.4 Å². The van der Waals surface area contributed by atoms with Crippen molar-refractivity contribution in [1.29, 1.82) is 0 Å². The minimum Gasteiger partial charge on any atom is -0.497 e. The number of nitrogens with zero attached hydrogens (tertiary/aromatic N) is 1. The van der Waals surface area contributed by atoms with Crippen molar-refractivity contribution >= 4 is 28.3 Å². The first-order valence-electron chi connectivity index (χ1n) is 9.81. The van der Waals surface area contributed by atoms with Gasteiger partial charge in [0.2, 0.25) is 0 Å². The van der Waals surface area contributed by atoms with E-state index in [1.54, 1.807) is 13.2 Å². The van der Waals surface area contributed by atoms with Crippen LogP contribution >= 0.6 is 0 Å². The number of rotatable bonds is 6. The van der Waals surface area contributed by atoms with E-state index in [-0.39, 0.29) is 11.9 Å². The van der Waals surface area contributed by atoms with Gasteiger partial charge in [0, 0.05) is 11.1 Å². The Morgan fingerprint density at radius 2 is 1.63 bits per heavy atom. The Morgan fingerprint density at radius 1 is 0.933 bits per heavy atom. The second-order valence-corrected chi connectivity index (χ2v) is 7.03. The lowest BCUT2D eigenvalue weighted by Crippen LogP contribution is -2.27. The van der Waals surface area contributed by atoms with Crippen LogP contribution in [0.5, 0.6) is 5.75 Å². The zero-order valence-electron chi connectivity index (χ0n) is 16.9. The molecule has 30 heavy (non-hydrogen) atoms. The molecule has 1 aromatic heterocycles. The Kier molecular flexibility index (Phi) is 5.61. The minimum atomic E-state index is -0.136. The molecular formula is C25H23N3O2. The molecule has 0 spiro atoms. The normalized spacial score (nSPS) is 11.7. The molecule has 0 saturated heterocycles. The fourth-order valence-corrected chi connectivity index (χ4v) is 3.35. The summed E-state index contributed by atoms with van der Waals surface area (Å²) in [5.74, 6) is 1.25. The summed E-state index contributed by atoms with van der Waals surface area (Å²) >= 11 is 0. The van der Waals surface area contributed by atoms with Crippen molar-refractivity contribution in [2.45, 2.75) is 13.0 Å². The van der Waals surface area contributed by atoms with E-state index in [2.05, 4.69) is 15.6 Å². The second kappa shape index (κ2) is 8.66. The molecule has 5 heteroatoms. The van der Waals surface area contributed by atoms with Gasteiger partial charge in [0.05, 0.1) is 24.2 Å². The fraction of sp³-hybridized carbons (Fsp3) is 0.120. The molecule has 0 aliphatic heterocycles. The maximum Gasteiger partial charge on any atom is 0.252 e. The number of carbonyl (C=O) groups excluding carboxylic acids is 1. The number of para-hydroxylation sites is 1. The van der Waals surface area contributed by atoms with Crippen molar-refractivity contribution in [2.75, 3.05) is 12.4 Å². The first kappa shape index (κ1) is 19.5. The molecule has 4 aromatic rings. The molecule has 1 unspecified atom stereocenters. The lowest BCUT2D eigenvalue weighted by atomic mass is 10.1. The van der Waals surface area contributed by atoms with Crippen LogP contribution in [0.4, 0.5) is 11.5 Å². The molecule has 5 nitrogen and oxygen atoms in total. The van der Waals surface area contributed by atoms with E-state index in [0.717, 1.165) is 27.9 Å². The first-order chi connectivity index (χ1) is 14.6. The quantitative estimate of drug-likeness (QED) is 0.452. The predicted octanol–water partition coefficient (Wildman–Crippen LogP) is 5.48. The van der Waals surface area contributed by atoms with Gasteiger partial charge in [-0.3, -0.25) is 4.79 Å². The van der Waals surface area contributed by atoms with Crippen molar-refractivity contribution in [3.05, 3.63) is 96.1 Å². The molecule has 1 heterocycles. The van der Waals surface area contributed by atoms with Gasteiger partial charge >= 0.3 is 0 Å². The number of methoxy groups -OCH3 is 1. The fourth-order valence-electron chi connectivity index (χ4n) is 3.35. The van der Waals surface area contributed by atoms with Crippen LogP contribution in [-0.4, -0.2) is 18.0 Å². The van der Waals surface area contributed by atoms with E-state index < -0.39 is 0 Å². The molecule has 1 atom stereocenters. The van der Waals surface area contributed by atoms with Gasteiger partial charge in [0.15, 0.2) is 0 Å². The van der Waals surface area contributed by atoms with Crippen LogP contribution in [-0.2, 0) is 0 Å². The highest BCUT2D eigenvalue weighted by Gasteiger charge is 2.16. The maximum atomic E-state index is 13.1. The highest BCUT2D eigenvalue weighted by Crippen LogP contribution is 2.25. The number of fused-ring (bicyclic) bond motifs is 1. The summed E-state index contributed by atoms with van der Waals surface area (Å²) in [7, 11) is 1.63. The van der Waals surface area contributed by atoms with Crippen LogP contribution in [0.1, 0.15) is 28.9 Å². The van der Waals surface area contributed by atoms with E-state index in [0.29, 0.717) is 11.4 Å². The Bertz CT molecular complexity index is 1160. The van der Waals surface area contributed by atoms with Gasteiger partial charge in [-0.1, -0.05) is 48.5 Å². The van der Waals surface area contributed by atoms with Crippen molar-refractivity contribution in [2.24, 2.45) is 0 Å². The lowest BCUT2D eigenvalue weighted by Gasteiger charge is -2.16.